The fourth-order valence-corrected chi connectivity index (χ4v) is 1.94. The number of carbonyl (C=O) groups excluding carboxylic acids is 2. The minimum Gasteiger partial charge on any atom is -0.504 e. The SMILES string of the molecule is CO/C=C1\C(=O)NC(=O)c2ccc(C(C)C)cc21. The number of methoxy groups -OCH3 is 1. The van der Waals surface area contributed by atoms with Crippen LogP contribution >= 0.6 is 0 Å². The third kappa shape index (κ3) is 2.01. The molecule has 2 rings (SSSR count). The molecule has 4 heteroatoms. The predicted octanol–water partition coefficient (Wildman–Crippen LogP) is 2.07. The van der Waals surface area contributed by atoms with E-state index < -0.39 is 5.91 Å². The van der Waals surface area contributed by atoms with Crippen LogP contribution in [0.5, 0.6) is 0 Å². The maximum absolute atomic E-state index is 11.8. The molecule has 1 heterocycles. The maximum atomic E-state index is 11.8. The lowest BCUT2D eigenvalue weighted by atomic mass is 9.91. The van der Waals surface area contributed by atoms with Crippen LogP contribution in [0.15, 0.2) is 24.5 Å². The van der Waals surface area contributed by atoms with Crippen LogP contribution in [0, 0.1) is 0 Å². The van der Waals surface area contributed by atoms with Crippen LogP contribution in [0.1, 0.15) is 41.3 Å². The number of fused-ring (bicyclic) bond motifs is 1. The Labute approximate surface area is 106 Å². The molecule has 1 aromatic carbocycles. The lowest BCUT2D eigenvalue weighted by Crippen LogP contribution is -2.36. The quantitative estimate of drug-likeness (QED) is 0.493. The highest BCUT2D eigenvalue weighted by Crippen LogP contribution is 2.27. The number of carbonyl (C=O) groups is 2. The van der Waals surface area contributed by atoms with E-state index in [0.717, 1.165) is 5.56 Å². The van der Waals surface area contributed by atoms with Crippen LogP contribution in [-0.2, 0) is 9.53 Å². The summed E-state index contributed by atoms with van der Waals surface area (Å²) in [5.74, 6) is -0.451. The van der Waals surface area contributed by atoms with Gasteiger partial charge >= 0.3 is 0 Å². The summed E-state index contributed by atoms with van der Waals surface area (Å²) in [5.41, 5.74) is 2.60. The van der Waals surface area contributed by atoms with E-state index >= 15 is 0 Å². The Morgan fingerprint density at radius 2 is 1.89 bits per heavy atom. The summed E-state index contributed by atoms with van der Waals surface area (Å²) >= 11 is 0. The first kappa shape index (κ1) is 12.4. The highest BCUT2D eigenvalue weighted by molar-refractivity contribution is 6.30. The molecule has 2 amide bonds. The lowest BCUT2D eigenvalue weighted by Gasteiger charge is -2.19. The molecule has 0 saturated carbocycles. The van der Waals surface area contributed by atoms with Crippen LogP contribution in [0.25, 0.3) is 5.57 Å². The van der Waals surface area contributed by atoms with E-state index in [0.29, 0.717) is 22.6 Å². The summed E-state index contributed by atoms with van der Waals surface area (Å²) in [4.78, 5) is 23.5. The molecule has 1 aliphatic rings. The van der Waals surface area contributed by atoms with E-state index in [-0.39, 0.29) is 5.91 Å². The third-order valence-corrected chi connectivity index (χ3v) is 2.95. The van der Waals surface area contributed by atoms with E-state index in [1.807, 2.05) is 12.1 Å². The number of imide groups is 1. The zero-order valence-electron chi connectivity index (χ0n) is 10.6. The Morgan fingerprint density at radius 1 is 1.17 bits per heavy atom. The van der Waals surface area contributed by atoms with Gasteiger partial charge in [0.25, 0.3) is 11.8 Å². The predicted molar refractivity (Wildman–Crippen MR) is 68.0 cm³/mol. The number of amides is 2. The molecule has 0 aliphatic carbocycles. The minimum atomic E-state index is -0.421. The van der Waals surface area contributed by atoms with Crippen molar-refractivity contribution in [1.82, 2.24) is 5.32 Å². The molecule has 94 valence electrons. The van der Waals surface area contributed by atoms with Crippen LogP contribution in [0.2, 0.25) is 0 Å². The summed E-state index contributed by atoms with van der Waals surface area (Å²) in [7, 11) is 1.47. The number of rotatable bonds is 2. The molecule has 18 heavy (non-hydrogen) atoms. The van der Waals surface area contributed by atoms with Crippen LogP contribution in [0.4, 0.5) is 0 Å². The number of benzene rings is 1. The number of nitrogens with one attached hydrogen (secondary N) is 1. The average molecular weight is 245 g/mol. The Morgan fingerprint density at radius 3 is 2.50 bits per heavy atom. The summed E-state index contributed by atoms with van der Waals surface area (Å²) in [6, 6.07) is 5.53. The Bertz CT molecular complexity index is 544. The average Bonchev–Trinajstić information content (AvgIpc) is 2.33. The van der Waals surface area contributed by atoms with E-state index in [9.17, 15) is 9.59 Å². The van der Waals surface area contributed by atoms with Crippen molar-refractivity contribution in [3.8, 4) is 0 Å². The molecule has 0 unspecified atom stereocenters. The number of ether oxygens (including phenoxy) is 1. The van der Waals surface area contributed by atoms with Crippen LogP contribution in [0.3, 0.4) is 0 Å². The van der Waals surface area contributed by atoms with Crippen molar-refractivity contribution in [3.63, 3.8) is 0 Å². The molecule has 0 spiro atoms. The van der Waals surface area contributed by atoms with Gasteiger partial charge in [0.15, 0.2) is 0 Å². The second-order valence-corrected chi connectivity index (χ2v) is 4.51. The van der Waals surface area contributed by atoms with Crippen molar-refractivity contribution in [2.45, 2.75) is 19.8 Å². The Hall–Kier alpha value is -2.10. The van der Waals surface area contributed by atoms with Gasteiger partial charge in [-0.05, 0) is 23.6 Å². The molecule has 0 saturated heterocycles. The van der Waals surface area contributed by atoms with Gasteiger partial charge in [-0.2, -0.15) is 0 Å². The summed E-state index contributed by atoms with van der Waals surface area (Å²) in [5, 5.41) is 2.29. The molecule has 0 atom stereocenters. The molecule has 1 N–H and O–H groups in total. The number of hydrogen-bond acceptors (Lipinski definition) is 3. The van der Waals surface area contributed by atoms with Gasteiger partial charge in [-0.3, -0.25) is 14.9 Å². The molecule has 4 nitrogen and oxygen atoms in total. The van der Waals surface area contributed by atoms with Gasteiger partial charge in [0.2, 0.25) is 0 Å². The molecule has 0 aromatic heterocycles. The highest BCUT2D eigenvalue weighted by Gasteiger charge is 2.27. The molecular weight excluding hydrogens is 230 g/mol. The summed E-state index contributed by atoms with van der Waals surface area (Å²) in [6.07, 6.45) is 1.37. The first-order chi connectivity index (χ1) is 8.54. The van der Waals surface area contributed by atoms with E-state index in [1.165, 1.54) is 13.4 Å². The van der Waals surface area contributed by atoms with E-state index in [1.54, 1.807) is 6.07 Å². The smallest absolute Gasteiger partial charge is 0.261 e. The molecule has 0 bridgehead atoms. The van der Waals surface area contributed by atoms with Crippen LogP contribution < -0.4 is 5.32 Å². The van der Waals surface area contributed by atoms with Gasteiger partial charge in [0, 0.05) is 11.1 Å². The summed E-state index contributed by atoms with van der Waals surface area (Å²) in [6.45, 7) is 4.12. The van der Waals surface area contributed by atoms with E-state index in [4.69, 9.17) is 4.74 Å². The third-order valence-electron chi connectivity index (χ3n) is 2.95. The highest BCUT2D eigenvalue weighted by atomic mass is 16.5. The largest absolute Gasteiger partial charge is 0.504 e. The molecule has 1 aromatic rings. The molecule has 0 radical (unpaired) electrons. The Kier molecular flexibility index (Phi) is 3.19. The van der Waals surface area contributed by atoms with Gasteiger partial charge in [0.05, 0.1) is 18.9 Å². The summed E-state index contributed by atoms with van der Waals surface area (Å²) < 4.78 is 4.91. The standard InChI is InChI=1S/C14H15NO3/c1-8(2)9-4-5-10-11(6-9)12(7-18-3)14(17)15-13(10)16/h4-8H,1-3H3,(H,15,16,17)/b12-7-. The second-order valence-electron chi connectivity index (χ2n) is 4.51. The zero-order valence-corrected chi connectivity index (χ0v) is 10.6. The maximum Gasteiger partial charge on any atom is 0.261 e. The van der Waals surface area contributed by atoms with Gasteiger partial charge in [0.1, 0.15) is 0 Å². The molecular formula is C14H15NO3. The van der Waals surface area contributed by atoms with Crippen molar-refractivity contribution in [1.29, 1.82) is 0 Å². The van der Waals surface area contributed by atoms with Crippen molar-refractivity contribution in [2.75, 3.05) is 7.11 Å². The first-order valence-electron chi connectivity index (χ1n) is 5.77. The van der Waals surface area contributed by atoms with Gasteiger partial charge < -0.3 is 4.74 Å². The lowest BCUT2D eigenvalue weighted by molar-refractivity contribution is -0.114. The van der Waals surface area contributed by atoms with Crippen molar-refractivity contribution >= 4 is 17.4 Å². The Balaban J connectivity index is 2.62. The van der Waals surface area contributed by atoms with Gasteiger partial charge in [-0.15, -0.1) is 0 Å². The van der Waals surface area contributed by atoms with Crippen LogP contribution in [-0.4, -0.2) is 18.9 Å². The molecule has 1 aliphatic heterocycles. The fourth-order valence-electron chi connectivity index (χ4n) is 1.94. The zero-order chi connectivity index (χ0) is 13.3. The second kappa shape index (κ2) is 4.64. The first-order valence-corrected chi connectivity index (χ1v) is 5.77. The van der Waals surface area contributed by atoms with Crippen molar-refractivity contribution in [3.05, 3.63) is 41.2 Å². The molecule has 0 fully saturated rings. The van der Waals surface area contributed by atoms with Crippen molar-refractivity contribution in [2.24, 2.45) is 0 Å². The van der Waals surface area contributed by atoms with Gasteiger partial charge in [-0.25, -0.2) is 0 Å². The monoisotopic (exact) mass is 245 g/mol. The fraction of sp³-hybridized carbons (Fsp3) is 0.286. The van der Waals surface area contributed by atoms with E-state index in [2.05, 4.69) is 19.2 Å². The minimum absolute atomic E-state index is 0.333. The van der Waals surface area contributed by atoms with Crippen molar-refractivity contribution < 1.29 is 14.3 Å². The normalized spacial score (nSPS) is 16.8. The van der Waals surface area contributed by atoms with Gasteiger partial charge in [-0.1, -0.05) is 19.9 Å². The topological polar surface area (TPSA) is 55.4 Å². The number of hydrogen-bond donors (Lipinski definition) is 1.